The Bertz CT molecular complexity index is 477. The number of primary amides is 1. The molecule has 0 unspecified atom stereocenters. The third-order valence-corrected chi connectivity index (χ3v) is 2.34. The summed E-state index contributed by atoms with van der Waals surface area (Å²) in [5.41, 5.74) is 5.41. The van der Waals surface area contributed by atoms with E-state index < -0.39 is 30.4 Å². The van der Waals surface area contributed by atoms with E-state index in [-0.39, 0.29) is 0 Å². The maximum Gasteiger partial charge on any atom is 0.326 e. The van der Waals surface area contributed by atoms with Crippen LogP contribution in [0.15, 0.2) is 24.5 Å². The molecule has 1 heterocycles. The Morgan fingerprint density at radius 2 is 2.21 bits per heavy atom. The number of aromatic nitrogens is 1. The maximum absolute atomic E-state index is 11.8. The molecule has 0 bridgehead atoms. The van der Waals surface area contributed by atoms with E-state index in [1.165, 1.54) is 18.1 Å². The number of carboxylic acids is 1. The molecule has 0 aromatic carbocycles. The van der Waals surface area contributed by atoms with E-state index in [9.17, 15) is 14.4 Å². The molecule has 8 nitrogen and oxygen atoms in total. The number of carboxylic acid groups (broad SMARTS) is 1. The van der Waals surface area contributed by atoms with Gasteiger partial charge in [-0.2, -0.15) is 0 Å². The summed E-state index contributed by atoms with van der Waals surface area (Å²) >= 11 is 0. The second kappa shape index (κ2) is 6.34. The summed E-state index contributed by atoms with van der Waals surface area (Å²) in [6.45, 7) is 0. The van der Waals surface area contributed by atoms with Crippen molar-refractivity contribution in [3.63, 3.8) is 0 Å². The Morgan fingerprint density at radius 1 is 1.53 bits per heavy atom. The number of nitrogens with one attached hydrogen (secondary N) is 1. The minimum Gasteiger partial charge on any atom is -0.480 e. The zero-order chi connectivity index (χ0) is 14.4. The topological polar surface area (TPSA) is 126 Å². The van der Waals surface area contributed by atoms with Crippen molar-refractivity contribution in [2.75, 3.05) is 11.9 Å². The van der Waals surface area contributed by atoms with E-state index in [1.807, 2.05) is 0 Å². The zero-order valence-electron chi connectivity index (χ0n) is 10.2. The molecule has 102 valence electrons. The van der Waals surface area contributed by atoms with Crippen LogP contribution >= 0.6 is 0 Å². The van der Waals surface area contributed by atoms with Crippen LogP contribution in [0.5, 0.6) is 0 Å². The van der Waals surface area contributed by atoms with Crippen LogP contribution in [-0.4, -0.2) is 41.1 Å². The SMILES string of the molecule is CN(C(=O)N[C@@H](CC(N)=O)C(=O)O)c1cccnc1. The minimum atomic E-state index is -1.36. The number of carbonyl (C=O) groups excluding carboxylic acids is 2. The summed E-state index contributed by atoms with van der Waals surface area (Å²) in [5, 5.41) is 11.1. The lowest BCUT2D eigenvalue weighted by Crippen LogP contribution is -2.48. The number of rotatable bonds is 5. The normalized spacial score (nSPS) is 11.4. The van der Waals surface area contributed by atoms with Crippen LogP contribution in [0.2, 0.25) is 0 Å². The van der Waals surface area contributed by atoms with Crippen molar-refractivity contribution in [2.24, 2.45) is 5.73 Å². The standard InChI is InChI=1S/C11H14N4O4/c1-15(7-3-2-4-13-6-7)11(19)14-8(10(17)18)5-9(12)16/h2-4,6,8H,5H2,1H3,(H2,12,16)(H,14,19)(H,17,18)/t8-/m0/s1. The van der Waals surface area contributed by atoms with Gasteiger partial charge in [0, 0.05) is 13.2 Å². The van der Waals surface area contributed by atoms with Crippen LogP contribution in [0.3, 0.4) is 0 Å². The number of urea groups is 1. The zero-order valence-corrected chi connectivity index (χ0v) is 10.2. The molecule has 4 N–H and O–H groups in total. The van der Waals surface area contributed by atoms with Gasteiger partial charge in [-0.15, -0.1) is 0 Å². The molecule has 3 amide bonds. The van der Waals surface area contributed by atoms with Gasteiger partial charge in [0.15, 0.2) is 0 Å². The number of carbonyl (C=O) groups is 3. The molecule has 1 aromatic heterocycles. The summed E-state index contributed by atoms with van der Waals surface area (Å²) in [5.74, 6) is -2.14. The predicted molar refractivity (Wildman–Crippen MR) is 66.4 cm³/mol. The fraction of sp³-hybridized carbons (Fsp3) is 0.273. The number of pyridine rings is 1. The van der Waals surface area contributed by atoms with Crippen LogP contribution in [-0.2, 0) is 9.59 Å². The Balaban J connectivity index is 2.72. The van der Waals surface area contributed by atoms with Crippen molar-refractivity contribution in [1.29, 1.82) is 0 Å². The van der Waals surface area contributed by atoms with Gasteiger partial charge in [0.25, 0.3) is 0 Å². The van der Waals surface area contributed by atoms with E-state index in [4.69, 9.17) is 10.8 Å². The minimum absolute atomic E-state index is 0.470. The molecule has 0 fully saturated rings. The average molecular weight is 266 g/mol. The van der Waals surface area contributed by atoms with Crippen LogP contribution < -0.4 is 16.0 Å². The molecule has 1 aromatic rings. The fourth-order valence-electron chi connectivity index (χ4n) is 1.32. The molecule has 0 radical (unpaired) electrons. The van der Waals surface area contributed by atoms with E-state index in [2.05, 4.69) is 10.3 Å². The van der Waals surface area contributed by atoms with Gasteiger partial charge in [-0.3, -0.25) is 14.7 Å². The molecule has 0 aliphatic carbocycles. The first-order valence-corrected chi connectivity index (χ1v) is 5.37. The average Bonchev–Trinajstić information content (AvgIpc) is 2.37. The molecule has 19 heavy (non-hydrogen) atoms. The third kappa shape index (κ3) is 4.26. The molecular formula is C11H14N4O4. The van der Waals surface area contributed by atoms with Crippen molar-refractivity contribution < 1.29 is 19.5 Å². The van der Waals surface area contributed by atoms with Crippen LogP contribution in [0.25, 0.3) is 0 Å². The third-order valence-electron chi connectivity index (χ3n) is 2.34. The maximum atomic E-state index is 11.8. The lowest BCUT2D eigenvalue weighted by Gasteiger charge is -2.20. The van der Waals surface area contributed by atoms with E-state index >= 15 is 0 Å². The first-order chi connectivity index (χ1) is 8.91. The largest absolute Gasteiger partial charge is 0.480 e. The first-order valence-electron chi connectivity index (χ1n) is 5.37. The quantitative estimate of drug-likeness (QED) is 0.665. The van der Waals surface area contributed by atoms with Crippen molar-refractivity contribution in [3.8, 4) is 0 Å². The van der Waals surface area contributed by atoms with Gasteiger partial charge in [-0.05, 0) is 12.1 Å². The predicted octanol–water partition coefficient (Wildman–Crippen LogP) is -0.444. The molecular weight excluding hydrogens is 252 g/mol. The van der Waals surface area contributed by atoms with E-state index in [0.29, 0.717) is 5.69 Å². The fourth-order valence-corrected chi connectivity index (χ4v) is 1.32. The smallest absolute Gasteiger partial charge is 0.326 e. The Kier molecular flexibility index (Phi) is 4.81. The molecule has 8 heteroatoms. The number of hydrogen-bond donors (Lipinski definition) is 3. The number of amides is 3. The van der Waals surface area contributed by atoms with Crippen LogP contribution in [0.1, 0.15) is 6.42 Å². The summed E-state index contributed by atoms with van der Waals surface area (Å²) in [6.07, 6.45) is 2.52. The van der Waals surface area contributed by atoms with Gasteiger partial charge < -0.3 is 16.2 Å². The summed E-state index contributed by atoms with van der Waals surface area (Å²) in [6, 6.07) is 1.25. The summed E-state index contributed by atoms with van der Waals surface area (Å²) in [4.78, 5) is 38.4. The second-order valence-corrected chi connectivity index (χ2v) is 3.78. The molecule has 1 rings (SSSR count). The Labute approximate surface area is 109 Å². The number of anilines is 1. The van der Waals surface area contributed by atoms with E-state index in [1.54, 1.807) is 18.3 Å². The highest BCUT2D eigenvalue weighted by atomic mass is 16.4. The number of nitrogens with zero attached hydrogens (tertiary/aromatic N) is 2. The number of hydrogen-bond acceptors (Lipinski definition) is 4. The molecule has 0 aliphatic rings. The summed E-state index contributed by atoms with van der Waals surface area (Å²) < 4.78 is 0. The first kappa shape index (κ1) is 14.4. The van der Waals surface area contributed by atoms with Gasteiger partial charge in [-0.25, -0.2) is 9.59 Å². The van der Waals surface area contributed by atoms with Gasteiger partial charge in [0.05, 0.1) is 18.3 Å². The lowest BCUT2D eigenvalue weighted by atomic mass is 10.2. The highest BCUT2D eigenvalue weighted by molar-refractivity contribution is 5.95. The number of aliphatic carboxylic acids is 1. The van der Waals surface area contributed by atoms with Crippen molar-refractivity contribution in [2.45, 2.75) is 12.5 Å². The van der Waals surface area contributed by atoms with E-state index in [0.717, 1.165) is 0 Å². The van der Waals surface area contributed by atoms with Crippen LogP contribution in [0.4, 0.5) is 10.5 Å². The second-order valence-electron chi connectivity index (χ2n) is 3.78. The van der Waals surface area contributed by atoms with Crippen molar-refractivity contribution in [3.05, 3.63) is 24.5 Å². The molecule has 0 saturated heterocycles. The Morgan fingerprint density at radius 3 is 2.68 bits per heavy atom. The molecule has 0 aliphatic heterocycles. The molecule has 0 saturated carbocycles. The highest BCUT2D eigenvalue weighted by Crippen LogP contribution is 2.09. The van der Waals surface area contributed by atoms with Gasteiger partial charge in [0.1, 0.15) is 6.04 Å². The van der Waals surface area contributed by atoms with Gasteiger partial charge in [-0.1, -0.05) is 0 Å². The number of nitrogens with two attached hydrogens (primary N) is 1. The van der Waals surface area contributed by atoms with Crippen molar-refractivity contribution in [1.82, 2.24) is 10.3 Å². The highest BCUT2D eigenvalue weighted by Gasteiger charge is 2.24. The molecule has 0 spiro atoms. The lowest BCUT2D eigenvalue weighted by molar-refractivity contribution is -0.140. The monoisotopic (exact) mass is 266 g/mol. The van der Waals surface area contributed by atoms with Gasteiger partial charge >= 0.3 is 12.0 Å². The van der Waals surface area contributed by atoms with Gasteiger partial charge in [0.2, 0.25) is 5.91 Å². The Hall–Kier alpha value is -2.64. The van der Waals surface area contributed by atoms with Crippen LogP contribution in [0, 0.1) is 0 Å². The summed E-state index contributed by atoms with van der Waals surface area (Å²) in [7, 11) is 1.45. The van der Waals surface area contributed by atoms with Crippen molar-refractivity contribution >= 4 is 23.6 Å². The molecule has 1 atom stereocenters.